The average molecular weight is 721 g/mol. The highest BCUT2D eigenvalue weighted by molar-refractivity contribution is 7.85. The largest absolute Gasteiger partial charge is 0.497 e. The Balaban J connectivity index is 1.44. The SMILES string of the molecule is CCS(=O)C1OC(COCc2ccc(OC)cc2)C(OCc2ccc(OC)cc2)C(OCc2ccc(OC)cc2)C1OCc1ccc(OC)cc1. The molecule has 274 valence electrons. The van der Waals surface area contributed by atoms with Crippen LogP contribution >= 0.6 is 0 Å². The van der Waals surface area contributed by atoms with E-state index in [9.17, 15) is 4.21 Å². The Morgan fingerprint density at radius 2 is 0.863 bits per heavy atom. The van der Waals surface area contributed by atoms with E-state index in [-0.39, 0.29) is 26.4 Å². The summed E-state index contributed by atoms with van der Waals surface area (Å²) < 4.78 is 68.0. The fourth-order valence-corrected chi connectivity index (χ4v) is 6.84. The van der Waals surface area contributed by atoms with Gasteiger partial charge < -0.3 is 42.6 Å². The van der Waals surface area contributed by atoms with Gasteiger partial charge >= 0.3 is 0 Å². The molecule has 0 saturated carbocycles. The molecule has 5 rings (SSSR count). The van der Waals surface area contributed by atoms with E-state index < -0.39 is 40.7 Å². The molecule has 1 saturated heterocycles. The van der Waals surface area contributed by atoms with Gasteiger partial charge in [-0.15, -0.1) is 0 Å². The standard InChI is InChI=1S/C40H48O10S/c1-6-51(41)40-39(49-26-31-13-21-35(45-5)22-14-31)38(48-25-30-11-19-34(44-4)20-12-30)37(47-24-29-9-17-33(43-3)18-10-29)36(50-40)27-46-23-28-7-15-32(42-2)16-8-28/h7-22,36-40H,6,23-27H2,1-5H3. The third-order valence-corrected chi connectivity index (χ3v) is 10.1. The lowest BCUT2D eigenvalue weighted by molar-refractivity contribution is -0.255. The number of rotatable bonds is 19. The average Bonchev–Trinajstić information content (AvgIpc) is 3.19. The molecule has 6 atom stereocenters. The van der Waals surface area contributed by atoms with Gasteiger partial charge in [0.15, 0.2) is 5.44 Å². The molecule has 0 aromatic heterocycles. The maximum Gasteiger partial charge on any atom is 0.161 e. The summed E-state index contributed by atoms with van der Waals surface area (Å²) in [5.41, 5.74) is 2.98. The predicted octanol–water partition coefficient (Wildman–Crippen LogP) is 6.49. The lowest BCUT2D eigenvalue weighted by Gasteiger charge is -2.45. The molecular formula is C40H48O10S. The van der Waals surface area contributed by atoms with Crippen molar-refractivity contribution < 1.29 is 46.8 Å². The molecular weight excluding hydrogens is 672 g/mol. The molecule has 51 heavy (non-hydrogen) atoms. The number of hydrogen-bond donors (Lipinski definition) is 0. The quantitative estimate of drug-likeness (QED) is 0.107. The zero-order valence-corrected chi connectivity index (χ0v) is 30.7. The second kappa shape index (κ2) is 19.6. The minimum absolute atomic E-state index is 0.171. The third-order valence-electron chi connectivity index (χ3n) is 8.65. The van der Waals surface area contributed by atoms with Gasteiger partial charge in [-0.25, -0.2) is 0 Å². The van der Waals surface area contributed by atoms with Crippen LogP contribution in [0.5, 0.6) is 23.0 Å². The van der Waals surface area contributed by atoms with E-state index in [1.807, 2.05) is 104 Å². The zero-order valence-electron chi connectivity index (χ0n) is 29.9. The van der Waals surface area contributed by atoms with Crippen molar-refractivity contribution in [3.63, 3.8) is 0 Å². The molecule has 11 heteroatoms. The van der Waals surface area contributed by atoms with Crippen molar-refractivity contribution in [2.24, 2.45) is 0 Å². The van der Waals surface area contributed by atoms with Crippen LogP contribution in [0.2, 0.25) is 0 Å². The van der Waals surface area contributed by atoms with Gasteiger partial charge in [0.25, 0.3) is 0 Å². The molecule has 0 aliphatic carbocycles. The van der Waals surface area contributed by atoms with Crippen molar-refractivity contribution in [3.8, 4) is 23.0 Å². The predicted molar refractivity (Wildman–Crippen MR) is 195 cm³/mol. The van der Waals surface area contributed by atoms with E-state index in [0.29, 0.717) is 12.4 Å². The molecule has 0 bridgehead atoms. The fourth-order valence-electron chi connectivity index (χ4n) is 5.71. The van der Waals surface area contributed by atoms with E-state index in [0.717, 1.165) is 45.3 Å². The Labute approximate surface area is 303 Å². The Morgan fingerprint density at radius 1 is 0.510 bits per heavy atom. The summed E-state index contributed by atoms with van der Waals surface area (Å²) in [5, 5.41) is 0. The number of hydrogen-bond acceptors (Lipinski definition) is 10. The van der Waals surface area contributed by atoms with Crippen LogP contribution in [0.4, 0.5) is 0 Å². The van der Waals surface area contributed by atoms with Crippen molar-refractivity contribution in [1.82, 2.24) is 0 Å². The monoisotopic (exact) mass is 720 g/mol. The smallest absolute Gasteiger partial charge is 0.161 e. The summed E-state index contributed by atoms with van der Waals surface area (Å²) in [4.78, 5) is 0. The minimum Gasteiger partial charge on any atom is -0.497 e. The Hall–Kier alpha value is -3.97. The molecule has 0 spiro atoms. The lowest BCUT2D eigenvalue weighted by Crippen LogP contribution is -2.62. The summed E-state index contributed by atoms with van der Waals surface area (Å²) in [6.07, 6.45) is -2.67. The Kier molecular flexibility index (Phi) is 14.7. The first-order chi connectivity index (χ1) is 24.9. The van der Waals surface area contributed by atoms with Crippen LogP contribution in [0.3, 0.4) is 0 Å². The Bertz CT molecular complexity index is 1610. The molecule has 6 unspecified atom stereocenters. The van der Waals surface area contributed by atoms with Crippen LogP contribution in [0, 0.1) is 0 Å². The van der Waals surface area contributed by atoms with Crippen LogP contribution in [-0.4, -0.2) is 74.9 Å². The van der Waals surface area contributed by atoms with Gasteiger partial charge in [-0.05, 0) is 70.8 Å². The van der Waals surface area contributed by atoms with Gasteiger partial charge in [-0.2, -0.15) is 0 Å². The highest BCUT2D eigenvalue weighted by Gasteiger charge is 2.50. The molecule has 1 fully saturated rings. The normalized spacial score (nSPS) is 20.8. The lowest BCUT2D eigenvalue weighted by atomic mass is 9.98. The van der Waals surface area contributed by atoms with Crippen molar-refractivity contribution >= 4 is 10.8 Å². The van der Waals surface area contributed by atoms with Gasteiger partial charge in [-0.3, -0.25) is 4.21 Å². The summed E-state index contributed by atoms with van der Waals surface area (Å²) >= 11 is 0. The topological polar surface area (TPSA) is 100 Å². The van der Waals surface area contributed by atoms with Crippen molar-refractivity contribution in [1.29, 1.82) is 0 Å². The maximum absolute atomic E-state index is 13.7. The second-order valence-corrected chi connectivity index (χ2v) is 13.8. The first-order valence-electron chi connectivity index (χ1n) is 16.9. The fraction of sp³-hybridized carbons (Fsp3) is 0.400. The molecule has 4 aromatic carbocycles. The van der Waals surface area contributed by atoms with Gasteiger partial charge in [0.05, 0.1) is 72.3 Å². The molecule has 1 aliphatic heterocycles. The highest BCUT2D eigenvalue weighted by atomic mass is 32.2. The van der Waals surface area contributed by atoms with E-state index in [1.165, 1.54) is 0 Å². The van der Waals surface area contributed by atoms with Crippen molar-refractivity contribution in [2.45, 2.75) is 63.2 Å². The number of ether oxygens (including phenoxy) is 9. The summed E-state index contributed by atoms with van der Waals surface area (Å²) in [5.74, 6) is 3.38. The van der Waals surface area contributed by atoms with Crippen LogP contribution < -0.4 is 18.9 Å². The number of methoxy groups -OCH3 is 4. The maximum atomic E-state index is 13.7. The van der Waals surface area contributed by atoms with Crippen LogP contribution in [0.25, 0.3) is 0 Å². The molecule has 0 amide bonds. The van der Waals surface area contributed by atoms with Crippen LogP contribution in [0.1, 0.15) is 29.2 Å². The highest BCUT2D eigenvalue weighted by Crippen LogP contribution is 2.33. The molecule has 10 nitrogen and oxygen atoms in total. The third kappa shape index (κ3) is 10.8. The molecule has 1 heterocycles. The molecule has 0 N–H and O–H groups in total. The van der Waals surface area contributed by atoms with Crippen LogP contribution in [0.15, 0.2) is 97.1 Å². The minimum atomic E-state index is -1.41. The number of benzene rings is 4. The molecule has 4 aromatic rings. The summed E-state index contributed by atoms with van der Waals surface area (Å²) in [7, 11) is 5.12. The van der Waals surface area contributed by atoms with Crippen molar-refractivity contribution in [2.75, 3.05) is 40.8 Å². The first kappa shape index (κ1) is 38.3. The molecule has 0 radical (unpaired) electrons. The first-order valence-corrected chi connectivity index (χ1v) is 18.3. The van der Waals surface area contributed by atoms with Gasteiger partial charge in [0.1, 0.15) is 47.4 Å². The second-order valence-electron chi connectivity index (χ2n) is 11.9. The van der Waals surface area contributed by atoms with Crippen molar-refractivity contribution in [3.05, 3.63) is 119 Å². The van der Waals surface area contributed by atoms with Gasteiger partial charge in [0, 0.05) is 5.75 Å². The summed E-state index contributed by atoms with van der Waals surface area (Å²) in [6, 6.07) is 30.7. The van der Waals surface area contributed by atoms with E-state index >= 15 is 0 Å². The van der Waals surface area contributed by atoms with Crippen LogP contribution in [-0.2, 0) is 60.9 Å². The van der Waals surface area contributed by atoms with E-state index in [4.69, 9.17) is 42.6 Å². The van der Waals surface area contributed by atoms with E-state index in [2.05, 4.69) is 0 Å². The summed E-state index contributed by atoms with van der Waals surface area (Å²) in [6.45, 7) is 3.14. The van der Waals surface area contributed by atoms with Gasteiger partial charge in [0.2, 0.25) is 0 Å². The molecule has 1 aliphatic rings. The Morgan fingerprint density at radius 3 is 1.24 bits per heavy atom. The van der Waals surface area contributed by atoms with E-state index in [1.54, 1.807) is 28.4 Å². The van der Waals surface area contributed by atoms with Gasteiger partial charge in [-0.1, -0.05) is 55.5 Å². The zero-order chi connectivity index (χ0) is 36.0.